The van der Waals surface area contributed by atoms with Gasteiger partial charge >= 0.3 is 0 Å². The Morgan fingerprint density at radius 1 is 1.12 bits per heavy atom. The molecule has 0 radical (unpaired) electrons. The molecule has 1 fully saturated rings. The highest BCUT2D eigenvalue weighted by Crippen LogP contribution is 2.34. The Hall–Kier alpha value is -2.61. The number of benzene rings is 1. The van der Waals surface area contributed by atoms with Crippen LogP contribution in [0.25, 0.3) is 11.0 Å². The van der Waals surface area contributed by atoms with Crippen molar-refractivity contribution in [2.75, 3.05) is 39.8 Å². The topological polar surface area (TPSA) is 75.9 Å². The van der Waals surface area contributed by atoms with Crippen LogP contribution in [0.2, 0.25) is 10.0 Å². The fraction of sp³-hybridized carbons (Fsp3) is 0.348. The van der Waals surface area contributed by atoms with Crippen molar-refractivity contribution in [3.8, 4) is 5.75 Å². The Morgan fingerprint density at radius 3 is 2.44 bits per heavy atom. The van der Waals surface area contributed by atoms with E-state index >= 15 is 0 Å². The van der Waals surface area contributed by atoms with E-state index < -0.39 is 0 Å². The Labute approximate surface area is 195 Å². The highest BCUT2D eigenvalue weighted by Gasteiger charge is 2.26. The van der Waals surface area contributed by atoms with Gasteiger partial charge in [0.15, 0.2) is 22.9 Å². The number of ether oxygens (including phenoxy) is 1. The number of nitrogens with zero attached hydrogens (tertiary/aromatic N) is 3. The number of ketones is 1. The summed E-state index contributed by atoms with van der Waals surface area (Å²) in [4.78, 5) is 34.2. The second kappa shape index (κ2) is 9.48. The first kappa shape index (κ1) is 22.6. The van der Waals surface area contributed by atoms with E-state index in [-0.39, 0.29) is 23.9 Å². The van der Waals surface area contributed by atoms with Crippen LogP contribution in [0.15, 0.2) is 35.0 Å². The predicted octanol–water partition coefficient (Wildman–Crippen LogP) is 4.35. The van der Waals surface area contributed by atoms with Crippen molar-refractivity contribution in [1.82, 2.24) is 14.8 Å². The van der Waals surface area contributed by atoms with Crippen LogP contribution in [0.1, 0.15) is 33.4 Å². The molecule has 1 aromatic carbocycles. The highest BCUT2D eigenvalue weighted by atomic mass is 35.5. The number of fused-ring (bicyclic) bond motifs is 1. The Kier molecular flexibility index (Phi) is 6.69. The van der Waals surface area contributed by atoms with E-state index in [9.17, 15) is 9.59 Å². The summed E-state index contributed by atoms with van der Waals surface area (Å²) < 4.78 is 11.3. The second-order valence-electron chi connectivity index (χ2n) is 7.58. The predicted molar refractivity (Wildman–Crippen MR) is 123 cm³/mol. The molecule has 0 aliphatic carbocycles. The molecule has 0 bridgehead atoms. The molecule has 0 atom stereocenters. The van der Waals surface area contributed by atoms with Gasteiger partial charge in [0, 0.05) is 61.5 Å². The van der Waals surface area contributed by atoms with E-state index in [0.29, 0.717) is 51.0 Å². The zero-order valence-corrected chi connectivity index (χ0v) is 19.4. The number of pyridine rings is 1. The monoisotopic (exact) mass is 475 g/mol. The van der Waals surface area contributed by atoms with Gasteiger partial charge in [-0.3, -0.25) is 14.6 Å². The summed E-state index contributed by atoms with van der Waals surface area (Å²) in [6.07, 6.45) is 2.90. The summed E-state index contributed by atoms with van der Waals surface area (Å²) in [6.45, 7) is 5.97. The Bertz CT molecular complexity index is 1150. The summed E-state index contributed by atoms with van der Waals surface area (Å²) in [7, 11) is 1.51. The lowest BCUT2D eigenvalue weighted by atomic mass is 10.00. The smallest absolute Gasteiger partial charge is 0.289 e. The first-order valence-electron chi connectivity index (χ1n) is 10.4. The third-order valence-corrected chi connectivity index (χ3v) is 6.43. The van der Waals surface area contributed by atoms with Crippen LogP contribution in [-0.2, 0) is 6.42 Å². The minimum absolute atomic E-state index is 0.00491. The van der Waals surface area contributed by atoms with Gasteiger partial charge < -0.3 is 19.0 Å². The van der Waals surface area contributed by atoms with E-state index in [4.69, 9.17) is 32.4 Å². The number of hydrogen-bond acceptors (Lipinski definition) is 6. The molecule has 4 rings (SSSR count). The van der Waals surface area contributed by atoms with Crippen molar-refractivity contribution in [3.63, 3.8) is 0 Å². The van der Waals surface area contributed by atoms with Gasteiger partial charge in [-0.1, -0.05) is 30.1 Å². The van der Waals surface area contributed by atoms with E-state index in [1.165, 1.54) is 19.5 Å². The number of piperazine rings is 1. The fourth-order valence-electron chi connectivity index (χ4n) is 3.89. The van der Waals surface area contributed by atoms with Crippen LogP contribution < -0.4 is 4.74 Å². The van der Waals surface area contributed by atoms with Gasteiger partial charge in [-0.2, -0.15) is 0 Å². The van der Waals surface area contributed by atoms with E-state index in [2.05, 4.69) is 16.8 Å². The van der Waals surface area contributed by atoms with Gasteiger partial charge in [0.05, 0.1) is 17.2 Å². The standard InChI is InChI=1S/C23H23Cl2N3O4/c1-3-27-6-8-28(9-7-27)23(30)21-11-15-14(4-5-20(31-2)22(15)32-21)19(29)10-16-17(24)12-26-13-18(16)25/h4-5,11-13H,3,6-10H2,1-2H3. The quantitative estimate of drug-likeness (QED) is 0.493. The third-order valence-electron chi connectivity index (χ3n) is 5.77. The van der Waals surface area contributed by atoms with Crippen LogP contribution in [0, 0.1) is 0 Å². The van der Waals surface area contributed by atoms with Gasteiger partial charge in [0.2, 0.25) is 0 Å². The van der Waals surface area contributed by atoms with Gasteiger partial charge in [-0.25, -0.2) is 0 Å². The molecular weight excluding hydrogens is 453 g/mol. The molecule has 3 aromatic rings. The normalized spacial score (nSPS) is 14.7. The van der Waals surface area contributed by atoms with Gasteiger partial charge in [-0.15, -0.1) is 0 Å². The molecule has 1 aliphatic rings. The summed E-state index contributed by atoms with van der Waals surface area (Å²) in [5.41, 5.74) is 1.27. The van der Waals surface area contributed by atoms with Crippen molar-refractivity contribution in [2.45, 2.75) is 13.3 Å². The SMILES string of the molecule is CCN1CCN(C(=O)c2cc3c(C(=O)Cc4c(Cl)cncc4Cl)ccc(OC)c3o2)CC1. The number of likely N-dealkylation sites (N-methyl/N-ethyl adjacent to an activating group) is 1. The molecule has 9 heteroatoms. The van der Waals surface area contributed by atoms with Gasteiger partial charge in [0.25, 0.3) is 5.91 Å². The molecule has 1 aliphatic heterocycles. The van der Waals surface area contributed by atoms with Crippen LogP contribution in [0.3, 0.4) is 0 Å². The number of carbonyl (C=O) groups is 2. The fourth-order valence-corrected chi connectivity index (χ4v) is 4.39. The number of furan rings is 1. The summed E-state index contributed by atoms with van der Waals surface area (Å²) in [5, 5.41) is 1.17. The number of amides is 1. The third kappa shape index (κ3) is 4.33. The van der Waals surface area contributed by atoms with Gasteiger partial charge in [-0.05, 0) is 24.7 Å². The van der Waals surface area contributed by atoms with Crippen molar-refractivity contribution >= 4 is 45.9 Å². The molecule has 0 unspecified atom stereocenters. The zero-order valence-electron chi connectivity index (χ0n) is 17.9. The maximum atomic E-state index is 13.2. The van der Waals surface area contributed by atoms with Crippen molar-refractivity contribution in [1.29, 1.82) is 0 Å². The molecule has 0 saturated carbocycles. The maximum Gasteiger partial charge on any atom is 0.289 e. The summed E-state index contributed by atoms with van der Waals surface area (Å²) in [5.74, 6) is 0.233. The summed E-state index contributed by atoms with van der Waals surface area (Å²) >= 11 is 12.4. The molecule has 0 N–H and O–H groups in total. The number of hydrogen-bond donors (Lipinski definition) is 0. The number of aromatic nitrogens is 1. The molecule has 3 heterocycles. The largest absolute Gasteiger partial charge is 0.493 e. The van der Waals surface area contributed by atoms with E-state index in [0.717, 1.165) is 19.6 Å². The van der Waals surface area contributed by atoms with Crippen molar-refractivity contribution in [2.24, 2.45) is 0 Å². The first-order valence-corrected chi connectivity index (χ1v) is 11.1. The average molecular weight is 476 g/mol. The van der Waals surface area contributed by atoms with Crippen molar-refractivity contribution in [3.05, 3.63) is 57.5 Å². The number of Topliss-reactive ketones (excluding diaryl/α,β-unsaturated/α-hetero) is 1. The molecule has 0 spiro atoms. The van der Waals surface area contributed by atoms with Crippen LogP contribution in [0.5, 0.6) is 5.75 Å². The molecule has 1 amide bonds. The highest BCUT2D eigenvalue weighted by molar-refractivity contribution is 6.36. The van der Waals surface area contributed by atoms with E-state index in [1.807, 2.05) is 0 Å². The van der Waals surface area contributed by atoms with Crippen LogP contribution in [0.4, 0.5) is 0 Å². The first-order chi connectivity index (χ1) is 15.4. The molecule has 168 valence electrons. The average Bonchev–Trinajstić information content (AvgIpc) is 3.26. The zero-order chi connectivity index (χ0) is 22.8. The Morgan fingerprint density at radius 2 is 1.81 bits per heavy atom. The Balaban J connectivity index is 1.67. The number of rotatable bonds is 6. The lowest BCUT2D eigenvalue weighted by Gasteiger charge is -2.33. The lowest BCUT2D eigenvalue weighted by Crippen LogP contribution is -2.48. The van der Waals surface area contributed by atoms with E-state index in [1.54, 1.807) is 23.1 Å². The lowest BCUT2D eigenvalue weighted by molar-refractivity contribution is 0.0614. The number of methoxy groups -OCH3 is 1. The number of halogens is 2. The number of carbonyl (C=O) groups excluding carboxylic acids is 2. The molecule has 7 nitrogen and oxygen atoms in total. The van der Waals surface area contributed by atoms with Gasteiger partial charge in [0.1, 0.15) is 0 Å². The maximum absolute atomic E-state index is 13.2. The van der Waals surface area contributed by atoms with Crippen molar-refractivity contribution < 1.29 is 18.7 Å². The van der Waals surface area contributed by atoms with Crippen LogP contribution >= 0.6 is 23.2 Å². The molecule has 32 heavy (non-hydrogen) atoms. The second-order valence-corrected chi connectivity index (χ2v) is 8.39. The molecule has 2 aromatic heterocycles. The van der Waals surface area contributed by atoms with Crippen LogP contribution in [-0.4, -0.2) is 66.3 Å². The minimum Gasteiger partial charge on any atom is -0.493 e. The minimum atomic E-state index is -0.205. The summed E-state index contributed by atoms with van der Waals surface area (Å²) in [6, 6.07) is 4.94. The molecule has 1 saturated heterocycles. The molecular formula is C23H23Cl2N3O4.